The third kappa shape index (κ3) is 6.08. The molecule has 1 amide bonds. The number of carbonyl (C=O) groups excluding carboxylic acids is 1. The van der Waals surface area contributed by atoms with Gasteiger partial charge in [-0.1, -0.05) is 6.07 Å². The summed E-state index contributed by atoms with van der Waals surface area (Å²) in [5.41, 5.74) is 2.24. The van der Waals surface area contributed by atoms with Crippen molar-refractivity contribution in [2.24, 2.45) is 5.92 Å². The van der Waals surface area contributed by atoms with E-state index in [2.05, 4.69) is 22.8 Å². The van der Waals surface area contributed by atoms with Gasteiger partial charge in [-0.05, 0) is 74.3 Å². The minimum Gasteiger partial charge on any atom is -0.480 e. The summed E-state index contributed by atoms with van der Waals surface area (Å²) in [5, 5.41) is 15.1. The van der Waals surface area contributed by atoms with Gasteiger partial charge in [-0.25, -0.2) is 18.6 Å². The van der Waals surface area contributed by atoms with Crippen LogP contribution in [0.2, 0.25) is 0 Å². The number of carboxylic acid groups (broad SMARTS) is 1. The molecule has 34 heavy (non-hydrogen) atoms. The largest absolute Gasteiger partial charge is 0.480 e. The van der Waals surface area contributed by atoms with Crippen molar-refractivity contribution < 1.29 is 28.2 Å². The van der Waals surface area contributed by atoms with Gasteiger partial charge in [-0.3, -0.25) is 4.79 Å². The minimum atomic E-state index is -1.21. The summed E-state index contributed by atoms with van der Waals surface area (Å²) in [6, 6.07) is 5.77. The first-order chi connectivity index (χ1) is 16.4. The molecular weight excluding hydrogens is 444 g/mol. The summed E-state index contributed by atoms with van der Waals surface area (Å²) in [5.74, 6) is -2.66. The van der Waals surface area contributed by atoms with E-state index in [0.29, 0.717) is 5.92 Å². The summed E-state index contributed by atoms with van der Waals surface area (Å²) in [7, 11) is 0. The van der Waals surface area contributed by atoms with E-state index < -0.39 is 29.6 Å². The molecule has 1 aromatic heterocycles. The topological polar surface area (TPSA) is 101 Å². The van der Waals surface area contributed by atoms with Crippen LogP contribution in [0.4, 0.5) is 14.6 Å². The van der Waals surface area contributed by atoms with Crippen LogP contribution in [-0.4, -0.2) is 47.3 Å². The lowest BCUT2D eigenvalue weighted by molar-refractivity contribution is -0.140. The molecule has 0 bridgehead atoms. The lowest BCUT2D eigenvalue weighted by Gasteiger charge is -2.35. The van der Waals surface area contributed by atoms with Crippen LogP contribution in [0.25, 0.3) is 0 Å². The number of nitrogens with one attached hydrogen (secondary N) is 2. The molecule has 1 fully saturated rings. The third-order valence-electron chi connectivity index (χ3n) is 6.50. The zero-order valence-electron chi connectivity index (χ0n) is 18.9. The Hall–Kier alpha value is -3.07. The summed E-state index contributed by atoms with van der Waals surface area (Å²) in [4.78, 5) is 28.4. The van der Waals surface area contributed by atoms with E-state index in [9.17, 15) is 23.5 Å². The van der Waals surface area contributed by atoms with E-state index in [-0.39, 0.29) is 24.7 Å². The normalized spacial score (nSPS) is 19.9. The number of aromatic nitrogens is 1. The minimum absolute atomic E-state index is 0.0813. The molecule has 2 heterocycles. The number of aliphatic carboxylic acids is 1. The molecule has 1 saturated carbocycles. The van der Waals surface area contributed by atoms with Crippen molar-refractivity contribution >= 4 is 17.7 Å². The average molecular weight is 474 g/mol. The molecular formula is C25H29F2N3O4. The highest BCUT2D eigenvalue weighted by Crippen LogP contribution is 2.34. The van der Waals surface area contributed by atoms with Gasteiger partial charge in [-0.2, -0.15) is 0 Å². The smallest absolute Gasteiger partial charge is 0.326 e. The van der Waals surface area contributed by atoms with Crippen LogP contribution in [0.1, 0.15) is 53.7 Å². The number of halogens is 2. The van der Waals surface area contributed by atoms with E-state index in [0.717, 1.165) is 74.8 Å². The maximum atomic E-state index is 13.3. The van der Waals surface area contributed by atoms with Crippen molar-refractivity contribution in [1.82, 2.24) is 10.3 Å². The van der Waals surface area contributed by atoms with Crippen LogP contribution < -0.4 is 10.6 Å². The van der Waals surface area contributed by atoms with Crippen LogP contribution in [0.5, 0.6) is 0 Å². The molecule has 9 heteroatoms. The quantitative estimate of drug-likeness (QED) is 0.486. The fourth-order valence-electron chi connectivity index (χ4n) is 4.40. The molecule has 1 aliphatic heterocycles. The van der Waals surface area contributed by atoms with E-state index in [1.54, 1.807) is 0 Å². The van der Waals surface area contributed by atoms with Crippen LogP contribution >= 0.6 is 0 Å². The molecule has 1 aromatic carbocycles. The Kier molecular flexibility index (Phi) is 7.72. The molecule has 0 unspecified atom stereocenters. The number of hydrogen-bond acceptors (Lipinski definition) is 5. The molecule has 182 valence electrons. The van der Waals surface area contributed by atoms with E-state index >= 15 is 0 Å². The second-order valence-corrected chi connectivity index (χ2v) is 8.99. The van der Waals surface area contributed by atoms with Crippen molar-refractivity contribution in [2.45, 2.75) is 57.1 Å². The average Bonchev–Trinajstić information content (AvgIpc) is 2.80. The molecule has 1 atom stereocenters. The van der Waals surface area contributed by atoms with Crippen molar-refractivity contribution in [1.29, 1.82) is 0 Å². The van der Waals surface area contributed by atoms with Gasteiger partial charge in [0.1, 0.15) is 11.9 Å². The lowest BCUT2D eigenvalue weighted by Crippen LogP contribution is -2.42. The number of aryl methyl sites for hydroxylation is 2. The number of carboxylic acids is 1. The number of carbonyl (C=O) groups is 2. The van der Waals surface area contributed by atoms with E-state index in [1.165, 1.54) is 5.56 Å². The number of fused-ring (bicyclic) bond motifs is 1. The zero-order valence-corrected chi connectivity index (χ0v) is 18.9. The Morgan fingerprint density at radius 3 is 2.79 bits per heavy atom. The molecule has 2 aliphatic rings. The Labute approximate surface area is 196 Å². The number of ether oxygens (including phenoxy) is 1. The highest BCUT2D eigenvalue weighted by atomic mass is 19.2. The van der Waals surface area contributed by atoms with Crippen LogP contribution in [0.15, 0.2) is 30.3 Å². The molecule has 0 radical (unpaired) electrons. The predicted octanol–water partition coefficient (Wildman–Crippen LogP) is 3.72. The molecule has 2 aromatic rings. The van der Waals surface area contributed by atoms with Gasteiger partial charge >= 0.3 is 5.97 Å². The molecule has 3 N–H and O–H groups in total. The Bertz CT molecular complexity index is 1040. The molecule has 4 rings (SSSR count). The number of anilines is 1. The summed E-state index contributed by atoms with van der Waals surface area (Å²) < 4.78 is 32.1. The molecule has 0 spiro atoms. The summed E-state index contributed by atoms with van der Waals surface area (Å²) in [6.45, 7) is 1.16. The van der Waals surface area contributed by atoms with Gasteiger partial charge < -0.3 is 20.5 Å². The van der Waals surface area contributed by atoms with Crippen LogP contribution in [0, 0.1) is 17.6 Å². The van der Waals surface area contributed by atoms with Crippen molar-refractivity contribution in [3.05, 3.63) is 58.8 Å². The number of pyridine rings is 1. The zero-order chi connectivity index (χ0) is 24.1. The molecule has 1 aliphatic carbocycles. The van der Waals surface area contributed by atoms with Gasteiger partial charge in [-0.15, -0.1) is 0 Å². The fourth-order valence-corrected chi connectivity index (χ4v) is 4.40. The number of hydrogen-bond donors (Lipinski definition) is 3. The first-order valence-corrected chi connectivity index (χ1v) is 11.7. The highest BCUT2D eigenvalue weighted by Gasteiger charge is 2.30. The maximum absolute atomic E-state index is 13.3. The Balaban J connectivity index is 1.15. The first-order valence-electron chi connectivity index (χ1n) is 11.7. The fraction of sp³-hybridized carbons (Fsp3) is 0.480. The summed E-state index contributed by atoms with van der Waals surface area (Å²) in [6.07, 6.45) is 6.18. The van der Waals surface area contributed by atoms with Crippen LogP contribution in [0.3, 0.4) is 0 Å². The second kappa shape index (κ2) is 10.9. The van der Waals surface area contributed by atoms with Crippen molar-refractivity contribution in [2.75, 3.05) is 18.5 Å². The SMILES string of the molecule is O=C(N[C@@H](CCO[C@H]1C[C@H](CCc2ccc3c(n2)NCCC3)C1)C(=O)O)c1ccc(F)c(F)c1. The van der Waals surface area contributed by atoms with Gasteiger partial charge in [0, 0.05) is 30.8 Å². The van der Waals surface area contributed by atoms with E-state index in [1.807, 2.05) is 0 Å². The summed E-state index contributed by atoms with van der Waals surface area (Å²) >= 11 is 0. The van der Waals surface area contributed by atoms with Gasteiger partial charge in [0.25, 0.3) is 5.91 Å². The monoisotopic (exact) mass is 473 g/mol. The van der Waals surface area contributed by atoms with Crippen molar-refractivity contribution in [3.8, 4) is 0 Å². The Morgan fingerprint density at radius 1 is 1.21 bits per heavy atom. The second-order valence-electron chi connectivity index (χ2n) is 8.99. The number of benzene rings is 1. The van der Waals surface area contributed by atoms with Gasteiger partial charge in [0.15, 0.2) is 11.6 Å². The van der Waals surface area contributed by atoms with Crippen LogP contribution in [-0.2, 0) is 22.4 Å². The predicted molar refractivity (Wildman–Crippen MR) is 122 cm³/mol. The van der Waals surface area contributed by atoms with E-state index in [4.69, 9.17) is 9.72 Å². The lowest BCUT2D eigenvalue weighted by atomic mass is 9.79. The number of nitrogens with zero attached hydrogens (tertiary/aromatic N) is 1. The molecule has 0 saturated heterocycles. The van der Waals surface area contributed by atoms with Gasteiger partial charge in [0.05, 0.1) is 6.10 Å². The molecule has 7 nitrogen and oxygen atoms in total. The maximum Gasteiger partial charge on any atom is 0.326 e. The standard InChI is InChI=1S/C25H29F2N3O4/c26-20-8-5-17(14-21(20)27)24(31)30-22(25(32)33)9-11-34-19-12-15(13-19)3-6-18-7-4-16-2-1-10-28-23(16)29-18/h4-5,7-8,14-15,19,22H,1-3,6,9-13H2,(H,28,29)(H,30,31)(H,32,33)/t15-,19-,22-/m0/s1. The number of rotatable bonds is 10. The first kappa shape index (κ1) is 24.1. The highest BCUT2D eigenvalue weighted by molar-refractivity contribution is 5.96. The van der Waals surface area contributed by atoms with Crippen molar-refractivity contribution in [3.63, 3.8) is 0 Å². The third-order valence-corrected chi connectivity index (χ3v) is 6.50. The van der Waals surface area contributed by atoms with Gasteiger partial charge in [0.2, 0.25) is 0 Å². The number of amides is 1. The Morgan fingerprint density at radius 2 is 2.03 bits per heavy atom.